The summed E-state index contributed by atoms with van der Waals surface area (Å²) in [6.07, 6.45) is 12.9. The van der Waals surface area contributed by atoms with Crippen LogP contribution in [0.4, 0.5) is 0 Å². The van der Waals surface area contributed by atoms with Crippen LogP contribution < -0.4 is 4.74 Å². The lowest BCUT2D eigenvalue weighted by Gasteiger charge is -2.11. The average molecular weight is 419 g/mol. The highest BCUT2D eigenvalue weighted by molar-refractivity contribution is 7.85. The molecule has 0 unspecified atom stereocenters. The molecular formula is C24H34O4S. The maximum absolute atomic E-state index is 11.8. The molecule has 2 aromatic carbocycles. The van der Waals surface area contributed by atoms with Gasteiger partial charge in [0.1, 0.15) is 16.4 Å². The molecule has 0 aliphatic rings. The van der Waals surface area contributed by atoms with E-state index in [-0.39, 0.29) is 4.90 Å². The number of rotatable bonds is 14. The first kappa shape index (κ1) is 23.4. The fourth-order valence-electron chi connectivity index (χ4n) is 3.47. The van der Waals surface area contributed by atoms with E-state index in [2.05, 4.69) is 6.92 Å². The van der Waals surface area contributed by atoms with Crippen molar-refractivity contribution < 1.29 is 17.7 Å². The Balaban J connectivity index is 1.82. The third-order valence-corrected chi connectivity index (χ3v) is 6.03. The molecule has 2 aromatic rings. The Kier molecular flexibility index (Phi) is 10.2. The van der Waals surface area contributed by atoms with Crippen molar-refractivity contribution in [3.05, 3.63) is 54.1 Å². The molecule has 0 aliphatic heterocycles. The highest BCUT2D eigenvalue weighted by Crippen LogP contribution is 2.27. The van der Waals surface area contributed by atoms with E-state index in [1.54, 1.807) is 24.3 Å². The number of unbranched alkanes of at least 4 members (excludes halogenated alkanes) is 9. The van der Waals surface area contributed by atoms with Crippen molar-refractivity contribution >= 4 is 10.1 Å². The van der Waals surface area contributed by atoms with E-state index in [0.29, 0.717) is 23.5 Å². The Morgan fingerprint density at radius 2 is 1.34 bits per heavy atom. The van der Waals surface area contributed by atoms with Gasteiger partial charge in [-0.3, -0.25) is 4.55 Å². The van der Waals surface area contributed by atoms with E-state index in [0.717, 1.165) is 12.8 Å². The van der Waals surface area contributed by atoms with E-state index >= 15 is 0 Å². The molecule has 160 valence electrons. The lowest BCUT2D eigenvalue weighted by molar-refractivity contribution is 0.470. The van der Waals surface area contributed by atoms with Crippen LogP contribution in [0.25, 0.3) is 0 Å². The number of ether oxygens (including phenoxy) is 1. The zero-order valence-corrected chi connectivity index (χ0v) is 18.3. The minimum atomic E-state index is -4.29. The quantitative estimate of drug-likeness (QED) is 0.260. The number of para-hydroxylation sites is 1. The molecule has 5 heteroatoms. The summed E-state index contributed by atoms with van der Waals surface area (Å²) in [5, 5.41) is 0. The molecule has 0 saturated heterocycles. The minimum Gasteiger partial charge on any atom is -0.457 e. The predicted octanol–water partition coefficient (Wildman–Crippen LogP) is 7.19. The molecule has 0 amide bonds. The first-order valence-electron chi connectivity index (χ1n) is 10.8. The molecular weight excluding hydrogens is 384 g/mol. The van der Waals surface area contributed by atoms with Crippen LogP contribution in [-0.2, 0) is 16.5 Å². The maximum atomic E-state index is 11.8. The van der Waals surface area contributed by atoms with Crippen molar-refractivity contribution in [2.75, 3.05) is 0 Å². The number of hydrogen-bond acceptors (Lipinski definition) is 3. The van der Waals surface area contributed by atoms with Gasteiger partial charge in [-0.05, 0) is 36.6 Å². The van der Waals surface area contributed by atoms with E-state index in [1.165, 1.54) is 57.4 Å². The van der Waals surface area contributed by atoms with Gasteiger partial charge in [0, 0.05) is 6.07 Å². The van der Waals surface area contributed by atoms with Crippen LogP contribution in [0.15, 0.2) is 53.4 Å². The summed E-state index contributed by atoms with van der Waals surface area (Å²) in [5.41, 5.74) is 0.646. The lowest BCUT2D eigenvalue weighted by Crippen LogP contribution is -2.04. The van der Waals surface area contributed by atoms with Crippen molar-refractivity contribution in [1.29, 1.82) is 0 Å². The Labute approximate surface area is 176 Å². The van der Waals surface area contributed by atoms with Crippen molar-refractivity contribution in [2.45, 2.75) is 82.4 Å². The van der Waals surface area contributed by atoms with Crippen molar-refractivity contribution in [3.8, 4) is 11.5 Å². The first-order valence-corrected chi connectivity index (χ1v) is 12.3. The van der Waals surface area contributed by atoms with Gasteiger partial charge >= 0.3 is 0 Å². The Bertz CT molecular complexity index is 816. The fraction of sp³-hybridized carbons (Fsp3) is 0.500. The van der Waals surface area contributed by atoms with Crippen LogP contribution in [-0.4, -0.2) is 13.0 Å². The lowest BCUT2D eigenvalue weighted by atomic mass is 10.0. The summed E-state index contributed by atoms with van der Waals surface area (Å²) in [5.74, 6) is 1.02. The summed E-state index contributed by atoms with van der Waals surface area (Å²) >= 11 is 0. The normalized spacial score (nSPS) is 11.5. The van der Waals surface area contributed by atoms with E-state index < -0.39 is 10.1 Å². The molecule has 0 aliphatic carbocycles. The summed E-state index contributed by atoms with van der Waals surface area (Å²) in [7, 11) is -4.29. The Morgan fingerprint density at radius 3 is 1.93 bits per heavy atom. The van der Waals surface area contributed by atoms with Gasteiger partial charge in [-0.15, -0.1) is 0 Å². The Morgan fingerprint density at radius 1 is 0.759 bits per heavy atom. The molecule has 1 N–H and O–H groups in total. The van der Waals surface area contributed by atoms with Crippen LogP contribution in [0.1, 0.15) is 76.7 Å². The van der Waals surface area contributed by atoms with Gasteiger partial charge in [0.05, 0.1) is 0 Å². The zero-order chi connectivity index (χ0) is 21.0. The molecule has 0 fully saturated rings. The predicted molar refractivity (Wildman–Crippen MR) is 118 cm³/mol. The van der Waals surface area contributed by atoms with Crippen LogP contribution in [0, 0.1) is 0 Å². The number of benzene rings is 2. The molecule has 0 spiro atoms. The van der Waals surface area contributed by atoms with Crippen LogP contribution in [0.2, 0.25) is 0 Å². The van der Waals surface area contributed by atoms with Crippen LogP contribution in [0.3, 0.4) is 0 Å². The third-order valence-electron chi connectivity index (χ3n) is 5.10. The second-order valence-electron chi connectivity index (χ2n) is 7.59. The van der Waals surface area contributed by atoms with Crippen LogP contribution in [0.5, 0.6) is 11.5 Å². The highest BCUT2D eigenvalue weighted by Gasteiger charge is 2.17. The van der Waals surface area contributed by atoms with Crippen molar-refractivity contribution in [1.82, 2.24) is 0 Å². The van der Waals surface area contributed by atoms with Gasteiger partial charge in [-0.1, -0.05) is 89.0 Å². The number of hydrogen-bond donors (Lipinski definition) is 1. The SMILES string of the molecule is CCCCCCCCCCCCc1ccc(Oc2ccccc2)cc1S(=O)(=O)O. The topological polar surface area (TPSA) is 63.6 Å². The highest BCUT2D eigenvalue weighted by atomic mass is 32.2. The zero-order valence-electron chi connectivity index (χ0n) is 17.5. The molecule has 0 heterocycles. The van der Waals surface area contributed by atoms with Gasteiger partial charge in [0.15, 0.2) is 0 Å². The first-order chi connectivity index (χ1) is 14.0. The van der Waals surface area contributed by atoms with Gasteiger partial charge in [-0.2, -0.15) is 8.42 Å². The molecule has 0 saturated carbocycles. The third kappa shape index (κ3) is 9.01. The molecule has 0 aromatic heterocycles. The second kappa shape index (κ2) is 12.7. The molecule has 2 rings (SSSR count). The Hall–Kier alpha value is -1.85. The van der Waals surface area contributed by atoms with Gasteiger partial charge < -0.3 is 4.74 Å². The molecule has 0 atom stereocenters. The smallest absolute Gasteiger partial charge is 0.294 e. The van der Waals surface area contributed by atoms with Crippen LogP contribution >= 0.6 is 0 Å². The van der Waals surface area contributed by atoms with E-state index in [1.807, 2.05) is 18.2 Å². The minimum absolute atomic E-state index is 0.0538. The summed E-state index contributed by atoms with van der Waals surface area (Å²) in [6.45, 7) is 2.23. The standard InChI is InChI=1S/C24H34O4S/c1-2-3-4-5-6-7-8-9-10-12-15-21-18-19-23(20-24(21)29(25,26)27)28-22-16-13-11-14-17-22/h11,13-14,16-20H,2-10,12,15H2,1H3,(H,25,26,27). The van der Waals surface area contributed by atoms with E-state index in [4.69, 9.17) is 4.74 Å². The fourth-order valence-corrected chi connectivity index (χ4v) is 4.24. The molecule has 0 bridgehead atoms. The summed E-state index contributed by atoms with van der Waals surface area (Å²) < 4.78 is 39.0. The second-order valence-corrected chi connectivity index (χ2v) is 8.98. The van der Waals surface area contributed by atoms with Crippen molar-refractivity contribution in [2.24, 2.45) is 0 Å². The number of aryl methyl sites for hydroxylation is 1. The monoisotopic (exact) mass is 418 g/mol. The molecule has 29 heavy (non-hydrogen) atoms. The summed E-state index contributed by atoms with van der Waals surface area (Å²) in [6, 6.07) is 14.1. The van der Waals surface area contributed by atoms with Gasteiger partial charge in [-0.25, -0.2) is 0 Å². The summed E-state index contributed by atoms with van der Waals surface area (Å²) in [4.78, 5) is -0.0538. The average Bonchev–Trinajstić information content (AvgIpc) is 2.70. The van der Waals surface area contributed by atoms with Gasteiger partial charge in [0.2, 0.25) is 0 Å². The van der Waals surface area contributed by atoms with Crippen molar-refractivity contribution in [3.63, 3.8) is 0 Å². The van der Waals surface area contributed by atoms with E-state index in [9.17, 15) is 13.0 Å². The molecule has 4 nitrogen and oxygen atoms in total. The maximum Gasteiger partial charge on any atom is 0.294 e. The molecule has 0 radical (unpaired) electrons. The largest absolute Gasteiger partial charge is 0.457 e. The van der Waals surface area contributed by atoms with Gasteiger partial charge in [0.25, 0.3) is 10.1 Å².